The van der Waals surface area contributed by atoms with E-state index in [2.05, 4.69) is 55.7 Å². The minimum atomic E-state index is -0.0551. The van der Waals surface area contributed by atoms with Crippen molar-refractivity contribution in [2.45, 2.75) is 64.3 Å². The Bertz CT molecular complexity index is 478. The molecule has 2 rings (SSSR count). The Balaban J connectivity index is 1.89. The van der Waals surface area contributed by atoms with Crippen molar-refractivity contribution in [2.75, 3.05) is 13.1 Å². The van der Waals surface area contributed by atoms with Gasteiger partial charge in [0.25, 0.3) is 0 Å². The molecule has 1 aliphatic heterocycles. The standard InChI is InChI=1S/C20H32N2O/c1-4-18(20(2,3)17-8-6-5-7-9-17)22-19(23)11-10-16-12-14-21-15-13-16/h5-9,16,18,21H,4,10-15H2,1-3H3,(H,22,23). The molecule has 1 atom stereocenters. The summed E-state index contributed by atoms with van der Waals surface area (Å²) in [5, 5.41) is 6.67. The highest BCUT2D eigenvalue weighted by atomic mass is 16.1. The smallest absolute Gasteiger partial charge is 0.220 e. The van der Waals surface area contributed by atoms with E-state index in [-0.39, 0.29) is 17.4 Å². The van der Waals surface area contributed by atoms with Crippen LogP contribution in [-0.2, 0) is 10.2 Å². The lowest BCUT2D eigenvalue weighted by atomic mass is 9.76. The van der Waals surface area contributed by atoms with Gasteiger partial charge in [0.15, 0.2) is 0 Å². The summed E-state index contributed by atoms with van der Waals surface area (Å²) in [6, 6.07) is 10.7. The van der Waals surface area contributed by atoms with Crippen LogP contribution in [0.3, 0.4) is 0 Å². The van der Waals surface area contributed by atoms with E-state index in [0.29, 0.717) is 12.3 Å². The lowest BCUT2D eigenvalue weighted by Crippen LogP contribution is -2.47. The topological polar surface area (TPSA) is 41.1 Å². The molecule has 1 heterocycles. The van der Waals surface area contributed by atoms with Crippen LogP contribution < -0.4 is 10.6 Å². The summed E-state index contributed by atoms with van der Waals surface area (Å²) in [6.45, 7) is 8.81. The van der Waals surface area contributed by atoms with Gasteiger partial charge in [0.05, 0.1) is 0 Å². The van der Waals surface area contributed by atoms with Crippen molar-refractivity contribution in [3.8, 4) is 0 Å². The van der Waals surface area contributed by atoms with Gasteiger partial charge in [-0.3, -0.25) is 4.79 Å². The predicted molar refractivity (Wildman–Crippen MR) is 96.5 cm³/mol. The molecular formula is C20H32N2O. The third kappa shape index (κ3) is 5.07. The Morgan fingerprint density at radius 2 is 1.91 bits per heavy atom. The summed E-state index contributed by atoms with van der Waals surface area (Å²) in [7, 11) is 0. The number of benzene rings is 1. The number of rotatable bonds is 7. The van der Waals surface area contributed by atoms with Gasteiger partial charge in [0.1, 0.15) is 0 Å². The molecule has 0 saturated carbocycles. The molecule has 23 heavy (non-hydrogen) atoms. The number of carbonyl (C=O) groups excluding carboxylic acids is 1. The molecule has 0 aromatic heterocycles. The Kier molecular flexibility index (Phi) is 6.64. The van der Waals surface area contributed by atoms with Crippen LogP contribution in [0.4, 0.5) is 0 Å². The fourth-order valence-corrected chi connectivity index (χ4v) is 3.63. The minimum Gasteiger partial charge on any atom is -0.353 e. The van der Waals surface area contributed by atoms with Crippen LogP contribution in [0.5, 0.6) is 0 Å². The van der Waals surface area contributed by atoms with Crippen molar-refractivity contribution < 1.29 is 4.79 Å². The van der Waals surface area contributed by atoms with Crippen molar-refractivity contribution in [1.82, 2.24) is 10.6 Å². The molecule has 1 unspecified atom stereocenters. The first kappa shape index (κ1) is 18.0. The minimum absolute atomic E-state index is 0.0551. The van der Waals surface area contributed by atoms with Gasteiger partial charge in [0.2, 0.25) is 5.91 Å². The van der Waals surface area contributed by atoms with Crippen LogP contribution in [0, 0.1) is 5.92 Å². The van der Waals surface area contributed by atoms with Crippen molar-refractivity contribution in [1.29, 1.82) is 0 Å². The molecule has 1 saturated heterocycles. The molecule has 1 aromatic carbocycles. The SMILES string of the molecule is CCC(NC(=O)CCC1CCNCC1)C(C)(C)c1ccccc1. The van der Waals surface area contributed by atoms with Crippen LogP contribution >= 0.6 is 0 Å². The van der Waals surface area contributed by atoms with E-state index >= 15 is 0 Å². The molecule has 0 bridgehead atoms. The summed E-state index contributed by atoms with van der Waals surface area (Å²) >= 11 is 0. The Morgan fingerprint density at radius 1 is 1.26 bits per heavy atom. The zero-order chi connectivity index (χ0) is 16.7. The maximum absolute atomic E-state index is 12.4. The second kappa shape index (κ2) is 8.49. The van der Waals surface area contributed by atoms with Crippen molar-refractivity contribution >= 4 is 5.91 Å². The summed E-state index contributed by atoms with van der Waals surface area (Å²) < 4.78 is 0. The second-order valence-corrected chi connectivity index (χ2v) is 7.35. The molecule has 128 valence electrons. The highest BCUT2D eigenvalue weighted by Crippen LogP contribution is 2.29. The lowest BCUT2D eigenvalue weighted by molar-refractivity contribution is -0.122. The van der Waals surface area contributed by atoms with Crippen LogP contribution in [-0.4, -0.2) is 25.0 Å². The maximum Gasteiger partial charge on any atom is 0.220 e. The Labute approximate surface area is 141 Å². The van der Waals surface area contributed by atoms with Gasteiger partial charge in [-0.15, -0.1) is 0 Å². The molecule has 2 N–H and O–H groups in total. The van der Waals surface area contributed by atoms with Gasteiger partial charge >= 0.3 is 0 Å². The van der Waals surface area contributed by atoms with E-state index in [0.717, 1.165) is 25.9 Å². The number of hydrogen-bond acceptors (Lipinski definition) is 2. The van der Waals surface area contributed by atoms with Crippen molar-refractivity contribution in [3.63, 3.8) is 0 Å². The van der Waals surface area contributed by atoms with Crippen LogP contribution in [0.1, 0.15) is 58.4 Å². The molecule has 3 nitrogen and oxygen atoms in total. The average molecular weight is 316 g/mol. The van der Waals surface area contributed by atoms with E-state index in [9.17, 15) is 4.79 Å². The first-order valence-corrected chi connectivity index (χ1v) is 9.09. The van der Waals surface area contributed by atoms with Crippen molar-refractivity contribution in [3.05, 3.63) is 35.9 Å². The summed E-state index contributed by atoms with van der Waals surface area (Å²) in [5.41, 5.74) is 1.23. The van der Waals surface area contributed by atoms with Crippen LogP contribution in [0.2, 0.25) is 0 Å². The largest absolute Gasteiger partial charge is 0.353 e. The normalized spacial score (nSPS) is 17.7. The van der Waals surface area contributed by atoms with E-state index in [1.165, 1.54) is 18.4 Å². The maximum atomic E-state index is 12.4. The van der Waals surface area contributed by atoms with Crippen LogP contribution in [0.15, 0.2) is 30.3 Å². The zero-order valence-electron chi connectivity index (χ0n) is 14.9. The van der Waals surface area contributed by atoms with Crippen LogP contribution in [0.25, 0.3) is 0 Å². The third-order valence-corrected chi connectivity index (χ3v) is 5.37. The molecule has 0 spiro atoms. The number of hydrogen-bond donors (Lipinski definition) is 2. The van der Waals surface area contributed by atoms with E-state index < -0.39 is 0 Å². The van der Waals surface area contributed by atoms with Gasteiger partial charge in [-0.1, -0.05) is 51.1 Å². The summed E-state index contributed by atoms with van der Waals surface area (Å²) in [6.07, 6.45) is 5.04. The highest BCUT2D eigenvalue weighted by molar-refractivity contribution is 5.76. The fourth-order valence-electron chi connectivity index (χ4n) is 3.63. The van der Waals surface area contributed by atoms with Gasteiger partial charge in [-0.05, 0) is 50.3 Å². The first-order chi connectivity index (χ1) is 11.0. The number of carbonyl (C=O) groups is 1. The third-order valence-electron chi connectivity index (χ3n) is 5.37. The lowest BCUT2D eigenvalue weighted by Gasteiger charge is -2.35. The molecule has 1 aromatic rings. The van der Waals surface area contributed by atoms with E-state index in [4.69, 9.17) is 0 Å². The molecule has 1 fully saturated rings. The quantitative estimate of drug-likeness (QED) is 0.806. The number of nitrogens with one attached hydrogen (secondary N) is 2. The van der Waals surface area contributed by atoms with E-state index in [1.54, 1.807) is 0 Å². The average Bonchev–Trinajstić information content (AvgIpc) is 2.59. The second-order valence-electron chi connectivity index (χ2n) is 7.35. The fraction of sp³-hybridized carbons (Fsp3) is 0.650. The zero-order valence-corrected chi connectivity index (χ0v) is 14.9. The Hall–Kier alpha value is -1.35. The van der Waals surface area contributed by atoms with Crippen molar-refractivity contribution in [2.24, 2.45) is 5.92 Å². The number of amides is 1. The van der Waals surface area contributed by atoms with E-state index in [1.807, 2.05) is 6.07 Å². The summed E-state index contributed by atoms with van der Waals surface area (Å²) in [5.74, 6) is 0.920. The molecule has 0 aliphatic carbocycles. The monoisotopic (exact) mass is 316 g/mol. The first-order valence-electron chi connectivity index (χ1n) is 9.09. The van der Waals surface area contributed by atoms with Gasteiger partial charge in [-0.25, -0.2) is 0 Å². The molecule has 1 aliphatic rings. The summed E-state index contributed by atoms with van der Waals surface area (Å²) in [4.78, 5) is 12.4. The predicted octanol–water partition coefficient (Wildman–Crippen LogP) is 3.64. The molecule has 1 amide bonds. The highest BCUT2D eigenvalue weighted by Gasteiger charge is 2.31. The van der Waals surface area contributed by atoms with Gasteiger partial charge < -0.3 is 10.6 Å². The molecule has 0 radical (unpaired) electrons. The Morgan fingerprint density at radius 3 is 2.52 bits per heavy atom. The number of piperidine rings is 1. The van der Waals surface area contributed by atoms with Gasteiger partial charge in [0, 0.05) is 17.9 Å². The molecule has 3 heteroatoms. The molecular weight excluding hydrogens is 284 g/mol. The van der Waals surface area contributed by atoms with Gasteiger partial charge in [-0.2, -0.15) is 0 Å².